The lowest BCUT2D eigenvalue weighted by molar-refractivity contribution is -0.131. The summed E-state index contributed by atoms with van der Waals surface area (Å²) >= 11 is 0. The zero-order valence-electron chi connectivity index (χ0n) is 43.0. The minimum Gasteiger partial charge on any atom is -0.347 e. The monoisotopic (exact) mass is 1170 g/mol. The Morgan fingerprint density at radius 1 is 0.526 bits per heavy atom. The van der Waals surface area contributed by atoms with Crippen molar-refractivity contribution in [1.29, 1.82) is 0 Å². The van der Waals surface area contributed by atoms with E-state index in [2.05, 4.69) is 40.6 Å². The van der Waals surface area contributed by atoms with Crippen LogP contribution in [0.15, 0.2) is 0 Å². The van der Waals surface area contributed by atoms with Crippen LogP contribution in [0.25, 0.3) is 0 Å². The molecule has 0 aromatic rings. The van der Waals surface area contributed by atoms with Gasteiger partial charge in [-0.05, 0) is 97.1 Å². The summed E-state index contributed by atoms with van der Waals surface area (Å²) in [6.07, 6.45) is 7.54. The van der Waals surface area contributed by atoms with Gasteiger partial charge in [0.2, 0.25) is 17.7 Å². The molecule has 6 aliphatic heterocycles. The third kappa shape index (κ3) is 14.6. The van der Waals surface area contributed by atoms with Crippen LogP contribution in [0.4, 0.5) is 14.4 Å². The van der Waals surface area contributed by atoms with Crippen LogP contribution in [0.1, 0.15) is 90.4 Å². The molecule has 6 saturated heterocycles. The van der Waals surface area contributed by atoms with E-state index < -0.39 is 103 Å². The Balaban J connectivity index is 0.000000170. The highest BCUT2D eigenvalue weighted by Crippen LogP contribution is 2.37. The van der Waals surface area contributed by atoms with Gasteiger partial charge in [-0.25, -0.2) is 14.4 Å². The van der Waals surface area contributed by atoms with E-state index in [-0.39, 0.29) is 80.4 Å². The second-order valence-electron chi connectivity index (χ2n) is 21.2. The van der Waals surface area contributed by atoms with Crippen LogP contribution in [0.5, 0.6) is 0 Å². The van der Waals surface area contributed by atoms with Crippen molar-refractivity contribution in [2.45, 2.75) is 139 Å². The predicted octanol–water partition coefficient (Wildman–Crippen LogP) is -2.46. The Morgan fingerprint density at radius 2 is 0.821 bits per heavy atom. The average molecular weight is 1170 g/mol. The van der Waals surface area contributed by atoms with Gasteiger partial charge in [-0.1, -0.05) is 13.3 Å². The summed E-state index contributed by atoms with van der Waals surface area (Å²) in [6, 6.07) is -6.02. The van der Waals surface area contributed by atoms with Gasteiger partial charge in [0.1, 0.15) is 18.1 Å². The van der Waals surface area contributed by atoms with Crippen LogP contribution < -0.4 is 21.7 Å². The molecule has 6 bridgehead atoms. The Hall–Kier alpha value is -5.24. The van der Waals surface area contributed by atoms with E-state index >= 15 is 0 Å². The van der Waals surface area contributed by atoms with Crippen molar-refractivity contribution in [2.75, 3.05) is 53.4 Å². The molecule has 9 amide bonds. The SMILES string of the molecule is CCC1CC(C(=O)CNC(=O)[C@@H]2CC[C@@H]3CN2C(=O)N3OS(=O)(=O)O)C1.CN(C)C1CC(C(=O)CNC(=O)[C@@H]2CC[C@@H]3CN2C(=O)N3OS(=O)(=O)O)C1.NC1CC(C(=O)CNC(=O)[C@@H]2CC[C@@H]3CN2C(=O)N3OS(=O)(=O)O)C1. The van der Waals surface area contributed by atoms with Gasteiger partial charge in [0, 0.05) is 49.5 Å². The molecule has 0 radical (unpaired) electrons. The fourth-order valence-corrected chi connectivity index (χ4v) is 12.3. The molecule has 78 heavy (non-hydrogen) atoms. The lowest BCUT2D eigenvalue weighted by atomic mass is 9.71. The Labute approximate surface area is 450 Å². The minimum atomic E-state index is -4.83. The van der Waals surface area contributed by atoms with Crippen molar-refractivity contribution in [1.82, 2.24) is 50.7 Å². The molecule has 6 atom stereocenters. The van der Waals surface area contributed by atoms with Crippen LogP contribution in [-0.4, -0.2) is 229 Å². The van der Waals surface area contributed by atoms with Crippen molar-refractivity contribution >= 4 is 84.4 Å². The predicted molar refractivity (Wildman–Crippen MR) is 262 cm³/mol. The molecule has 6 heterocycles. The van der Waals surface area contributed by atoms with Crippen molar-refractivity contribution in [3.05, 3.63) is 0 Å². The first kappa shape index (κ1) is 60.4. The van der Waals surface area contributed by atoms with E-state index in [1.54, 1.807) is 0 Å². The second kappa shape index (κ2) is 24.2. The van der Waals surface area contributed by atoms with Crippen LogP contribution in [0.2, 0.25) is 0 Å². The number of amides is 9. The first-order valence-corrected chi connectivity index (χ1v) is 29.6. The number of piperidine rings is 3. The first-order valence-electron chi connectivity index (χ1n) is 25.5. The van der Waals surface area contributed by atoms with Gasteiger partial charge < -0.3 is 41.3 Å². The highest BCUT2D eigenvalue weighted by atomic mass is 32.3. The fourth-order valence-electron chi connectivity index (χ4n) is 11.2. The molecule has 0 spiro atoms. The first-order chi connectivity index (χ1) is 36.4. The third-order valence-electron chi connectivity index (χ3n) is 15.9. The summed E-state index contributed by atoms with van der Waals surface area (Å²) in [7, 11) is -10.5. The number of carbonyl (C=O) groups is 9. The van der Waals surface area contributed by atoms with E-state index in [1.807, 2.05) is 14.1 Å². The number of nitrogens with two attached hydrogens (primary N) is 1. The highest BCUT2D eigenvalue weighted by Gasteiger charge is 2.52. The van der Waals surface area contributed by atoms with E-state index in [0.717, 1.165) is 32.1 Å². The Morgan fingerprint density at radius 3 is 1.09 bits per heavy atom. The van der Waals surface area contributed by atoms with Crippen molar-refractivity contribution < 1.29 is 94.9 Å². The quantitative estimate of drug-likeness (QED) is 0.0622. The zero-order chi connectivity index (χ0) is 57.3. The zero-order valence-corrected chi connectivity index (χ0v) is 45.4. The van der Waals surface area contributed by atoms with E-state index in [0.29, 0.717) is 78.5 Å². The largest absolute Gasteiger partial charge is 0.418 e. The number of urea groups is 3. The second-order valence-corrected chi connectivity index (χ2v) is 24.3. The van der Waals surface area contributed by atoms with Gasteiger partial charge in [0.15, 0.2) is 17.3 Å². The van der Waals surface area contributed by atoms with Gasteiger partial charge in [0.25, 0.3) is 0 Å². The molecule has 0 aromatic heterocycles. The van der Waals surface area contributed by atoms with Crippen LogP contribution >= 0.6 is 0 Å². The number of rotatable bonds is 20. The van der Waals surface area contributed by atoms with Crippen LogP contribution in [0, 0.1) is 23.7 Å². The van der Waals surface area contributed by atoms with E-state index in [9.17, 15) is 68.4 Å². The highest BCUT2D eigenvalue weighted by molar-refractivity contribution is 7.81. The fraction of sp³-hybridized carbons (Fsp3) is 0.791. The van der Waals surface area contributed by atoms with Crippen molar-refractivity contribution in [3.63, 3.8) is 0 Å². The molecule has 9 aliphatic rings. The lowest BCUT2D eigenvalue weighted by Gasteiger charge is -2.38. The average Bonchev–Trinajstić information content (AvgIpc) is 3.79. The lowest BCUT2D eigenvalue weighted by Crippen LogP contribution is -2.52. The number of hydrogen-bond donors (Lipinski definition) is 7. The summed E-state index contributed by atoms with van der Waals surface area (Å²) in [5.41, 5.74) is 5.63. The molecule has 9 rings (SSSR count). The molecule has 35 heteroatoms. The number of ketones is 3. The summed E-state index contributed by atoms with van der Waals surface area (Å²) in [5, 5.41) is 9.46. The molecule has 0 aromatic carbocycles. The number of nitrogens with zero attached hydrogens (tertiary/aromatic N) is 7. The summed E-state index contributed by atoms with van der Waals surface area (Å²) < 4.78 is 104. The van der Waals surface area contributed by atoms with Crippen molar-refractivity contribution in [2.24, 2.45) is 29.4 Å². The molecule has 0 unspecified atom stereocenters. The topological polar surface area (TPSA) is 429 Å². The standard InChI is InChI=1S/C15H24N4O7S.C15H23N3O7S.C13H20N4O7S/c1-17(2)11-5-9(6-11)13(20)7-16-14(21)12-4-3-10-8-18(12)15(22)19(10)26-27(23,24)25;1-2-9-5-10(6-9)13(19)7-16-14(20)12-4-3-11-8-17(12)15(21)18(11)25-26(22,23)24;14-8-3-7(4-8)11(18)5-15-12(19)10-2-1-9-6-16(10)13(20)17(9)24-25(21,22)23/h9-12H,3-8H2,1-2H3,(H,16,21)(H,23,24,25);9-12H,2-8H2,1H3,(H,16,20)(H,22,23,24);7-10H,1-6,14H2,(H,15,19)(H,21,22,23)/t9?,10-,11?,12+;9?,10?,11-,12+;7?,8?,9-,10+/m111/s1. The number of carbonyl (C=O) groups excluding carboxylic acids is 9. The van der Waals surface area contributed by atoms with E-state index in [4.69, 9.17) is 19.4 Å². The molecule has 438 valence electrons. The third-order valence-corrected chi connectivity index (χ3v) is 17.0. The number of nitrogens with one attached hydrogen (secondary N) is 3. The van der Waals surface area contributed by atoms with Crippen molar-refractivity contribution in [3.8, 4) is 0 Å². The van der Waals surface area contributed by atoms with Gasteiger partial charge in [0.05, 0.1) is 37.8 Å². The smallest absolute Gasteiger partial charge is 0.347 e. The van der Waals surface area contributed by atoms with E-state index in [1.165, 1.54) is 14.7 Å². The number of hydroxylamine groups is 6. The minimum absolute atomic E-state index is 0.000758. The Bertz CT molecular complexity index is 2700. The molecule has 8 N–H and O–H groups in total. The molecular formula is C43H67N11O21S3. The molecule has 3 saturated carbocycles. The summed E-state index contributed by atoms with van der Waals surface area (Å²) in [6.45, 7) is 2.17. The van der Waals surface area contributed by atoms with Gasteiger partial charge in [-0.3, -0.25) is 42.4 Å². The summed E-state index contributed by atoms with van der Waals surface area (Å²) in [5.74, 6) is -1.07. The maximum atomic E-state index is 12.4. The molecular weight excluding hydrogens is 1100 g/mol. The van der Waals surface area contributed by atoms with Gasteiger partial charge >= 0.3 is 49.3 Å². The maximum absolute atomic E-state index is 12.4. The maximum Gasteiger partial charge on any atom is 0.418 e. The van der Waals surface area contributed by atoms with Crippen LogP contribution in [0.3, 0.4) is 0 Å². The van der Waals surface area contributed by atoms with Crippen LogP contribution in [-0.2, 0) is 72.8 Å². The van der Waals surface area contributed by atoms with Gasteiger partial charge in [-0.15, -0.1) is 12.9 Å². The molecule has 3 aliphatic carbocycles. The number of Topliss-reactive ketones (excluding diaryl/α,β-unsaturated/α-hetero) is 3. The normalized spacial score (nSPS) is 31.0. The molecule has 9 fully saturated rings. The molecule has 32 nitrogen and oxygen atoms in total. The number of fused-ring (bicyclic) bond motifs is 6. The van der Waals surface area contributed by atoms with Gasteiger partial charge in [-0.2, -0.15) is 40.4 Å². The Kier molecular flexibility index (Phi) is 18.8. The number of hydrogen-bond acceptors (Lipinski definition) is 20. The summed E-state index contributed by atoms with van der Waals surface area (Å²) in [4.78, 5) is 116.